The Kier molecular flexibility index (Phi) is 7.10. The molecule has 28 heavy (non-hydrogen) atoms. The number of carbonyl (C=O) groups is 1. The van der Waals surface area contributed by atoms with Crippen LogP contribution in [0.2, 0.25) is 0 Å². The molecule has 0 radical (unpaired) electrons. The van der Waals surface area contributed by atoms with Gasteiger partial charge < -0.3 is 0 Å². The summed E-state index contributed by atoms with van der Waals surface area (Å²) in [4.78, 5) is 16.0. The minimum absolute atomic E-state index is 0.168. The van der Waals surface area contributed by atoms with Crippen molar-refractivity contribution in [1.82, 2.24) is 25.2 Å². The molecular weight excluding hydrogens is 440 g/mol. The highest BCUT2D eigenvalue weighted by atomic mass is 79.9. The standard InChI is InChI=1S/C19H17BrN6OS/c1-2-10-26-18(15-4-3-5-16(20)11-15)24-25-19(26)28-13-17(27)23-22-12-14-6-8-21-9-7-14/h2-9,11-12H,1,10,13H2,(H,23,27)/b22-12-. The lowest BCUT2D eigenvalue weighted by Crippen LogP contribution is -2.20. The molecule has 0 spiro atoms. The second-order valence-electron chi connectivity index (χ2n) is 5.58. The number of amides is 1. The molecule has 0 aliphatic carbocycles. The van der Waals surface area contributed by atoms with Crippen LogP contribution in [-0.4, -0.2) is 37.6 Å². The van der Waals surface area contributed by atoms with E-state index in [0.717, 1.165) is 21.4 Å². The summed E-state index contributed by atoms with van der Waals surface area (Å²) in [7, 11) is 0. The Morgan fingerprint density at radius 1 is 1.29 bits per heavy atom. The summed E-state index contributed by atoms with van der Waals surface area (Å²) in [5.41, 5.74) is 4.29. The molecule has 0 saturated carbocycles. The van der Waals surface area contributed by atoms with Gasteiger partial charge in [0.05, 0.1) is 12.0 Å². The maximum absolute atomic E-state index is 12.1. The van der Waals surface area contributed by atoms with E-state index >= 15 is 0 Å². The summed E-state index contributed by atoms with van der Waals surface area (Å²) < 4.78 is 2.88. The quantitative estimate of drug-likeness (QED) is 0.242. The van der Waals surface area contributed by atoms with Crippen molar-refractivity contribution >= 4 is 39.8 Å². The highest BCUT2D eigenvalue weighted by molar-refractivity contribution is 9.10. The number of hydrogen-bond donors (Lipinski definition) is 1. The van der Waals surface area contributed by atoms with Gasteiger partial charge in [-0.1, -0.05) is 45.9 Å². The highest BCUT2D eigenvalue weighted by Gasteiger charge is 2.15. The van der Waals surface area contributed by atoms with Crippen molar-refractivity contribution in [3.05, 3.63) is 71.5 Å². The molecule has 7 nitrogen and oxygen atoms in total. The number of pyridine rings is 1. The van der Waals surface area contributed by atoms with E-state index in [9.17, 15) is 4.79 Å². The van der Waals surface area contributed by atoms with Crippen LogP contribution < -0.4 is 5.43 Å². The molecule has 3 aromatic rings. The van der Waals surface area contributed by atoms with Crippen LogP contribution in [0.25, 0.3) is 11.4 Å². The Bertz CT molecular complexity index is 989. The van der Waals surface area contributed by atoms with E-state index in [2.05, 4.69) is 48.2 Å². The first-order chi connectivity index (χ1) is 13.7. The highest BCUT2D eigenvalue weighted by Crippen LogP contribution is 2.26. The third kappa shape index (κ3) is 5.37. The van der Waals surface area contributed by atoms with Crippen molar-refractivity contribution in [2.45, 2.75) is 11.7 Å². The lowest BCUT2D eigenvalue weighted by molar-refractivity contribution is -0.118. The van der Waals surface area contributed by atoms with Crippen LogP contribution in [0.1, 0.15) is 5.56 Å². The van der Waals surface area contributed by atoms with Crippen molar-refractivity contribution in [2.24, 2.45) is 5.10 Å². The third-order valence-corrected chi connectivity index (χ3v) is 5.01. The summed E-state index contributed by atoms with van der Waals surface area (Å²) in [6, 6.07) is 11.4. The Morgan fingerprint density at radius 3 is 2.86 bits per heavy atom. The van der Waals surface area contributed by atoms with Gasteiger partial charge in [-0.15, -0.1) is 16.8 Å². The predicted molar refractivity (Wildman–Crippen MR) is 114 cm³/mol. The van der Waals surface area contributed by atoms with E-state index in [-0.39, 0.29) is 11.7 Å². The van der Waals surface area contributed by atoms with Gasteiger partial charge in [0.2, 0.25) is 0 Å². The van der Waals surface area contributed by atoms with E-state index in [1.54, 1.807) is 36.8 Å². The van der Waals surface area contributed by atoms with Gasteiger partial charge in [0, 0.05) is 29.0 Å². The number of nitrogens with one attached hydrogen (secondary N) is 1. The SMILES string of the molecule is C=CCn1c(SCC(=O)N/N=C\c2ccncc2)nnc1-c1cccc(Br)c1. The van der Waals surface area contributed by atoms with Crippen LogP contribution in [0.3, 0.4) is 0 Å². The van der Waals surface area contributed by atoms with Gasteiger partial charge in [0.25, 0.3) is 5.91 Å². The lowest BCUT2D eigenvalue weighted by atomic mass is 10.2. The zero-order valence-electron chi connectivity index (χ0n) is 14.8. The molecule has 0 unspecified atom stereocenters. The molecule has 0 aliphatic heterocycles. The number of hydrazone groups is 1. The normalized spacial score (nSPS) is 10.9. The zero-order valence-corrected chi connectivity index (χ0v) is 17.2. The fraction of sp³-hybridized carbons (Fsp3) is 0.105. The van der Waals surface area contributed by atoms with E-state index in [1.165, 1.54) is 11.8 Å². The number of carbonyl (C=O) groups excluding carboxylic acids is 1. The average molecular weight is 457 g/mol. The van der Waals surface area contributed by atoms with E-state index in [1.807, 2.05) is 28.8 Å². The van der Waals surface area contributed by atoms with E-state index < -0.39 is 0 Å². The molecule has 3 rings (SSSR count). The molecule has 0 fully saturated rings. The third-order valence-electron chi connectivity index (χ3n) is 3.55. The molecule has 0 bridgehead atoms. The maximum atomic E-state index is 12.1. The summed E-state index contributed by atoms with van der Waals surface area (Å²) in [6.45, 7) is 4.34. The van der Waals surface area contributed by atoms with Crippen LogP contribution in [-0.2, 0) is 11.3 Å². The first-order valence-electron chi connectivity index (χ1n) is 8.32. The number of benzene rings is 1. The summed E-state index contributed by atoms with van der Waals surface area (Å²) >= 11 is 4.76. The van der Waals surface area contributed by atoms with Gasteiger partial charge in [-0.25, -0.2) is 5.43 Å². The second kappa shape index (κ2) is 9.95. The number of aromatic nitrogens is 4. The number of thioether (sulfide) groups is 1. The smallest absolute Gasteiger partial charge is 0.250 e. The van der Waals surface area contributed by atoms with Crippen molar-refractivity contribution < 1.29 is 4.79 Å². The molecule has 9 heteroatoms. The Labute approximate surface area is 175 Å². The fourth-order valence-electron chi connectivity index (χ4n) is 2.32. The second-order valence-corrected chi connectivity index (χ2v) is 7.44. The van der Waals surface area contributed by atoms with Crippen LogP contribution in [0.4, 0.5) is 0 Å². The number of nitrogens with zero attached hydrogens (tertiary/aromatic N) is 5. The number of hydrogen-bond acceptors (Lipinski definition) is 6. The first-order valence-corrected chi connectivity index (χ1v) is 10.1. The van der Waals surface area contributed by atoms with Crippen LogP contribution in [0, 0.1) is 0 Å². The minimum atomic E-state index is -0.229. The van der Waals surface area contributed by atoms with Gasteiger partial charge in [-0.3, -0.25) is 14.3 Å². The van der Waals surface area contributed by atoms with Crippen molar-refractivity contribution in [3.8, 4) is 11.4 Å². The van der Waals surface area contributed by atoms with Crippen molar-refractivity contribution in [2.75, 3.05) is 5.75 Å². The fourth-order valence-corrected chi connectivity index (χ4v) is 3.46. The summed E-state index contributed by atoms with van der Waals surface area (Å²) in [5, 5.41) is 13.1. The number of allylic oxidation sites excluding steroid dienone is 1. The molecule has 142 valence electrons. The molecule has 1 N–H and O–H groups in total. The van der Waals surface area contributed by atoms with E-state index in [4.69, 9.17) is 0 Å². The van der Waals surface area contributed by atoms with Crippen LogP contribution in [0.5, 0.6) is 0 Å². The minimum Gasteiger partial charge on any atom is -0.298 e. The molecule has 0 aliphatic rings. The molecule has 2 aromatic heterocycles. The van der Waals surface area contributed by atoms with Crippen molar-refractivity contribution in [1.29, 1.82) is 0 Å². The largest absolute Gasteiger partial charge is 0.298 e. The predicted octanol–water partition coefficient (Wildman–Crippen LogP) is 3.53. The lowest BCUT2D eigenvalue weighted by Gasteiger charge is -2.07. The Hall–Kier alpha value is -2.78. The molecule has 0 atom stereocenters. The summed E-state index contributed by atoms with van der Waals surface area (Å²) in [6.07, 6.45) is 6.66. The Balaban J connectivity index is 1.64. The first kappa shape index (κ1) is 20.0. The molecule has 2 heterocycles. The molecular formula is C19H17BrN6OS. The van der Waals surface area contributed by atoms with Crippen LogP contribution >= 0.6 is 27.7 Å². The molecule has 0 saturated heterocycles. The van der Waals surface area contributed by atoms with E-state index in [0.29, 0.717) is 11.7 Å². The average Bonchev–Trinajstić information content (AvgIpc) is 3.10. The van der Waals surface area contributed by atoms with Gasteiger partial charge in [0.1, 0.15) is 0 Å². The molecule has 1 aromatic carbocycles. The number of halogens is 1. The summed E-state index contributed by atoms with van der Waals surface area (Å²) in [5.74, 6) is 0.661. The van der Waals surface area contributed by atoms with Crippen molar-refractivity contribution in [3.63, 3.8) is 0 Å². The monoisotopic (exact) mass is 456 g/mol. The van der Waals surface area contributed by atoms with Gasteiger partial charge >= 0.3 is 0 Å². The molecule has 1 amide bonds. The number of rotatable bonds is 8. The van der Waals surface area contributed by atoms with Crippen LogP contribution in [0.15, 0.2) is 76.2 Å². The Morgan fingerprint density at radius 2 is 2.11 bits per heavy atom. The topological polar surface area (TPSA) is 85.1 Å². The van der Waals surface area contributed by atoms with Gasteiger partial charge in [0.15, 0.2) is 11.0 Å². The van der Waals surface area contributed by atoms with Gasteiger partial charge in [-0.2, -0.15) is 5.10 Å². The van der Waals surface area contributed by atoms with Gasteiger partial charge in [-0.05, 0) is 29.8 Å². The zero-order chi connectivity index (χ0) is 19.8. The maximum Gasteiger partial charge on any atom is 0.250 e.